The molecule has 10 heteroatoms. The van der Waals surface area contributed by atoms with Gasteiger partial charge in [-0.05, 0) is 53.3 Å². The molecule has 1 aromatic heterocycles. The molecule has 0 saturated heterocycles. The highest BCUT2D eigenvalue weighted by Crippen LogP contribution is 2.33. The number of carbonyl (C=O) groups is 2. The minimum Gasteiger partial charge on any atom is -0.481 e. The lowest BCUT2D eigenvalue weighted by Crippen LogP contribution is -2.28. The number of hydrogen-bond donors (Lipinski definition) is 1. The van der Waals surface area contributed by atoms with Gasteiger partial charge in [0.15, 0.2) is 9.84 Å². The Kier molecular flexibility index (Phi) is 8.13. The third-order valence-corrected chi connectivity index (χ3v) is 8.41. The molecule has 0 amide bonds. The molecular formula is C28H24BrNO7S. The standard InChI is InChI=1S/C28H24BrNO7S/c1-37-28(34)26-25(19-6-3-2-4-7-19)23-16-20(29)11-14-22(23)27(33)30(26)17-18-9-12-21(13-10-18)38(35,36)15-5-8-24(31)32/h2-4,6-7,9-14,16H,5,8,15,17H2,1H3,(H,31,32). The fraction of sp³-hybridized carbons (Fsp3) is 0.179. The van der Waals surface area contributed by atoms with Crippen molar-refractivity contribution in [2.45, 2.75) is 24.3 Å². The number of ether oxygens (including phenoxy) is 1. The van der Waals surface area contributed by atoms with Gasteiger partial charge >= 0.3 is 11.9 Å². The maximum atomic E-state index is 13.7. The van der Waals surface area contributed by atoms with Crippen LogP contribution in [0.1, 0.15) is 28.9 Å². The second-order valence-corrected chi connectivity index (χ2v) is 11.6. The predicted octanol–water partition coefficient (Wildman–Crippen LogP) is 4.90. The summed E-state index contributed by atoms with van der Waals surface area (Å²) < 4.78 is 32.4. The fourth-order valence-electron chi connectivity index (χ4n) is 4.29. The molecule has 0 aliphatic rings. The lowest BCUT2D eigenvalue weighted by Gasteiger charge is -2.19. The number of hydrogen-bond acceptors (Lipinski definition) is 6. The van der Waals surface area contributed by atoms with Crippen LogP contribution in [0.5, 0.6) is 0 Å². The summed E-state index contributed by atoms with van der Waals surface area (Å²) in [6.45, 7) is -0.00551. The number of fused-ring (bicyclic) bond motifs is 1. The Morgan fingerprint density at radius 3 is 2.29 bits per heavy atom. The van der Waals surface area contributed by atoms with Gasteiger partial charge in [-0.1, -0.05) is 58.4 Å². The zero-order valence-electron chi connectivity index (χ0n) is 20.4. The van der Waals surface area contributed by atoms with Crippen molar-refractivity contribution in [3.63, 3.8) is 0 Å². The quantitative estimate of drug-likeness (QED) is 0.272. The SMILES string of the molecule is COC(=O)c1c(-c2ccccc2)c2cc(Br)ccc2c(=O)n1Cc1ccc(S(=O)(=O)CCCC(=O)O)cc1. The number of aliphatic carboxylic acids is 1. The molecular weight excluding hydrogens is 574 g/mol. The van der Waals surface area contributed by atoms with Crippen LogP contribution in [0.15, 0.2) is 87.0 Å². The number of nitrogens with zero attached hydrogens (tertiary/aromatic N) is 1. The number of sulfone groups is 1. The van der Waals surface area contributed by atoms with Gasteiger partial charge in [0.25, 0.3) is 5.56 Å². The van der Waals surface area contributed by atoms with Crippen LogP contribution >= 0.6 is 15.9 Å². The maximum Gasteiger partial charge on any atom is 0.355 e. The first-order valence-electron chi connectivity index (χ1n) is 11.7. The van der Waals surface area contributed by atoms with Crippen molar-refractivity contribution in [2.24, 2.45) is 0 Å². The summed E-state index contributed by atoms with van der Waals surface area (Å²) in [4.78, 5) is 37.6. The molecule has 1 heterocycles. The van der Waals surface area contributed by atoms with E-state index >= 15 is 0 Å². The van der Waals surface area contributed by atoms with E-state index in [1.165, 1.54) is 23.8 Å². The minimum absolute atomic E-state index is 0.00551. The Labute approximate surface area is 227 Å². The monoisotopic (exact) mass is 597 g/mol. The molecule has 0 aliphatic heterocycles. The molecule has 0 saturated carbocycles. The van der Waals surface area contributed by atoms with Crippen LogP contribution < -0.4 is 5.56 Å². The van der Waals surface area contributed by atoms with Crippen molar-refractivity contribution in [3.05, 3.63) is 98.9 Å². The predicted molar refractivity (Wildman–Crippen MR) is 147 cm³/mol. The van der Waals surface area contributed by atoms with Gasteiger partial charge in [0.2, 0.25) is 0 Å². The molecule has 0 fully saturated rings. The lowest BCUT2D eigenvalue weighted by atomic mass is 9.96. The Bertz CT molecular complexity index is 1680. The van der Waals surface area contributed by atoms with Crippen molar-refractivity contribution in [1.29, 1.82) is 0 Å². The first kappa shape index (κ1) is 27.3. The third kappa shape index (κ3) is 5.71. The van der Waals surface area contributed by atoms with Crippen LogP contribution in [0.3, 0.4) is 0 Å². The molecule has 4 aromatic rings. The van der Waals surface area contributed by atoms with Gasteiger partial charge < -0.3 is 9.84 Å². The van der Waals surface area contributed by atoms with Gasteiger partial charge in [0.1, 0.15) is 5.69 Å². The third-order valence-electron chi connectivity index (χ3n) is 6.10. The highest BCUT2D eigenvalue weighted by Gasteiger charge is 2.24. The molecule has 0 bridgehead atoms. The summed E-state index contributed by atoms with van der Waals surface area (Å²) >= 11 is 3.46. The molecule has 8 nitrogen and oxygen atoms in total. The molecule has 0 spiro atoms. The smallest absolute Gasteiger partial charge is 0.355 e. The van der Waals surface area contributed by atoms with Crippen molar-refractivity contribution >= 4 is 48.5 Å². The molecule has 1 N–H and O–H groups in total. The number of carboxylic acids is 1. The van der Waals surface area contributed by atoms with Gasteiger partial charge in [-0.15, -0.1) is 0 Å². The van der Waals surface area contributed by atoms with E-state index in [1.54, 1.807) is 30.3 Å². The Hall–Kier alpha value is -3.76. The van der Waals surface area contributed by atoms with Gasteiger partial charge in [0.05, 0.1) is 24.3 Å². The first-order valence-corrected chi connectivity index (χ1v) is 14.1. The van der Waals surface area contributed by atoms with E-state index in [9.17, 15) is 22.8 Å². The first-order chi connectivity index (χ1) is 18.1. The average Bonchev–Trinajstić information content (AvgIpc) is 2.90. The van der Waals surface area contributed by atoms with Gasteiger partial charge in [0, 0.05) is 21.8 Å². The highest BCUT2D eigenvalue weighted by molar-refractivity contribution is 9.10. The lowest BCUT2D eigenvalue weighted by molar-refractivity contribution is -0.137. The average molecular weight is 598 g/mol. The fourth-order valence-corrected chi connectivity index (χ4v) is 5.96. The van der Waals surface area contributed by atoms with Gasteiger partial charge in [-0.2, -0.15) is 0 Å². The number of benzene rings is 3. The van der Waals surface area contributed by atoms with Crippen LogP contribution in [0, 0.1) is 0 Å². The summed E-state index contributed by atoms with van der Waals surface area (Å²) in [5, 5.41) is 9.78. The molecule has 38 heavy (non-hydrogen) atoms. The largest absolute Gasteiger partial charge is 0.481 e. The molecule has 4 rings (SSSR count). The summed E-state index contributed by atoms with van der Waals surface area (Å²) in [7, 11) is -2.41. The number of methoxy groups -OCH3 is 1. The van der Waals surface area contributed by atoms with E-state index < -0.39 is 27.3 Å². The van der Waals surface area contributed by atoms with E-state index in [0.29, 0.717) is 21.9 Å². The van der Waals surface area contributed by atoms with Crippen LogP contribution in [0.4, 0.5) is 0 Å². The molecule has 0 aliphatic carbocycles. The molecule has 0 atom stereocenters. The van der Waals surface area contributed by atoms with Gasteiger partial charge in [-0.3, -0.25) is 14.2 Å². The molecule has 0 unspecified atom stereocenters. The second kappa shape index (κ2) is 11.3. The van der Waals surface area contributed by atoms with Crippen LogP contribution in [0.25, 0.3) is 21.9 Å². The summed E-state index contributed by atoms with van der Waals surface area (Å²) in [6, 6.07) is 20.5. The number of rotatable bonds is 9. The van der Waals surface area contributed by atoms with Crippen LogP contribution in [0.2, 0.25) is 0 Å². The van der Waals surface area contributed by atoms with E-state index in [0.717, 1.165) is 10.0 Å². The van der Waals surface area contributed by atoms with Crippen molar-refractivity contribution in [1.82, 2.24) is 4.57 Å². The van der Waals surface area contributed by atoms with Crippen LogP contribution in [-0.2, 0) is 25.9 Å². The number of halogens is 1. The Morgan fingerprint density at radius 2 is 1.66 bits per heavy atom. The van der Waals surface area contributed by atoms with E-state index in [-0.39, 0.29) is 35.7 Å². The maximum absolute atomic E-state index is 13.7. The zero-order chi connectivity index (χ0) is 27.4. The molecule has 0 radical (unpaired) electrons. The van der Waals surface area contributed by atoms with E-state index in [1.807, 2.05) is 30.3 Å². The molecule has 3 aromatic carbocycles. The summed E-state index contributed by atoms with van der Waals surface area (Å²) in [5.41, 5.74) is 1.56. The van der Waals surface area contributed by atoms with E-state index in [4.69, 9.17) is 9.84 Å². The van der Waals surface area contributed by atoms with E-state index in [2.05, 4.69) is 15.9 Å². The number of esters is 1. The zero-order valence-corrected chi connectivity index (χ0v) is 22.8. The number of carboxylic acid groups (broad SMARTS) is 1. The van der Waals surface area contributed by atoms with Crippen molar-refractivity contribution in [2.75, 3.05) is 12.9 Å². The second-order valence-electron chi connectivity index (χ2n) is 8.62. The number of aromatic nitrogens is 1. The number of pyridine rings is 1. The Morgan fingerprint density at radius 1 is 0.974 bits per heavy atom. The summed E-state index contributed by atoms with van der Waals surface area (Å²) in [5.74, 6) is -2.02. The van der Waals surface area contributed by atoms with Gasteiger partial charge in [-0.25, -0.2) is 13.2 Å². The number of carbonyl (C=O) groups excluding carboxylic acids is 1. The minimum atomic E-state index is -3.67. The van der Waals surface area contributed by atoms with Crippen molar-refractivity contribution in [3.8, 4) is 11.1 Å². The topological polar surface area (TPSA) is 120 Å². The van der Waals surface area contributed by atoms with Crippen molar-refractivity contribution < 1.29 is 27.9 Å². The van der Waals surface area contributed by atoms with Crippen LogP contribution in [-0.4, -0.2) is 42.9 Å². The molecule has 196 valence electrons. The Balaban J connectivity index is 1.84. The summed E-state index contributed by atoms with van der Waals surface area (Å²) in [6.07, 6.45) is -0.231. The normalized spacial score (nSPS) is 11.4. The highest BCUT2D eigenvalue weighted by atomic mass is 79.9.